The van der Waals surface area contributed by atoms with E-state index in [-0.39, 0.29) is 35.2 Å². The lowest BCUT2D eigenvalue weighted by Gasteiger charge is -2.31. The van der Waals surface area contributed by atoms with E-state index in [2.05, 4.69) is 10.6 Å². The van der Waals surface area contributed by atoms with Crippen molar-refractivity contribution < 1.29 is 24.0 Å². The molecule has 1 aliphatic heterocycles. The minimum atomic E-state index is -0.899. The number of thioether (sulfide) groups is 1. The van der Waals surface area contributed by atoms with Gasteiger partial charge in [-0.1, -0.05) is 12.1 Å². The van der Waals surface area contributed by atoms with Gasteiger partial charge in [-0.15, -0.1) is 0 Å². The standard InChI is InChI=1S/C22H28N4O6S2/c1-4-31-20(27)17-13(3)25-16(12-34-10-9-24-22(23)33)19(21(28)32-5-2)18(17)14-7-6-8-15(11-14)26(29)30/h6-8,11,18,25H,4-5,9-10,12H2,1-3H3,(H3,23,24,33). The van der Waals surface area contributed by atoms with Gasteiger partial charge < -0.3 is 25.8 Å². The van der Waals surface area contributed by atoms with Crippen LogP contribution in [-0.2, 0) is 19.1 Å². The molecule has 0 bridgehead atoms. The summed E-state index contributed by atoms with van der Waals surface area (Å²) in [5.74, 6) is -1.08. The quantitative estimate of drug-likeness (QED) is 0.133. The summed E-state index contributed by atoms with van der Waals surface area (Å²) in [5, 5.41) is 17.6. The molecule has 0 saturated carbocycles. The first-order chi connectivity index (χ1) is 16.2. The second kappa shape index (κ2) is 12.9. The van der Waals surface area contributed by atoms with E-state index in [1.165, 1.54) is 30.0 Å². The lowest BCUT2D eigenvalue weighted by Crippen LogP contribution is -2.34. The molecule has 10 nitrogen and oxygen atoms in total. The molecule has 0 aromatic heterocycles. The summed E-state index contributed by atoms with van der Waals surface area (Å²) in [6.45, 7) is 5.86. The van der Waals surface area contributed by atoms with Gasteiger partial charge in [-0.25, -0.2) is 9.59 Å². The molecule has 34 heavy (non-hydrogen) atoms. The third kappa shape index (κ3) is 6.94. The van der Waals surface area contributed by atoms with E-state index in [4.69, 9.17) is 27.4 Å². The number of non-ortho nitro benzene ring substituents is 1. The SMILES string of the molecule is CCOC(=O)C1=C(C)NC(CSCCNC(N)=S)=C(C(=O)OCC)C1c1cccc([N+](=O)[O-])c1. The zero-order chi connectivity index (χ0) is 25.3. The monoisotopic (exact) mass is 508 g/mol. The number of allylic oxidation sites excluding steroid dienone is 1. The topological polar surface area (TPSA) is 146 Å². The first kappa shape index (κ1) is 27.1. The third-order valence-electron chi connectivity index (χ3n) is 4.84. The summed E-state index contributed by atoms with van der Waals surface area (Å²) in [5.41, 5.74) is 7.18. The molecule has 0 saturated heterocycles. The minimum absolute atomic E-state index is 0.125. The van der Waals surface area contributed by atoms with E-state index in [1.807, 2.05) is 0 Å². The Hall–Kier alpha value is -3.12. The van der Waals surface area contributed by atoms with Crippen LogP contribution in [0, 0.1) is 10.1 Å². The van der Waals surface area contributed by atoms with Crippen LogP contribution >= 0.6 is 24.0 Å². The van der Waals surface area contributed by atoms with Gasteiger partial charge >= 0.3 is 11.9 Å². The van der Waals surface area contributed by atoms with Gasteiger partial charge in [-0.2, -0.15) is 11.8 Å². The van der Waals surface area contributed by atoms with Gasteiger partial charge in [0.2, 0.25) is 0 Å². The molecule has 4 N–H and O–H groups in total. The molecule has 0 aliphatic carbocycles. The average molecular weight is 509 g/mol. The number of benzene rings is 1. The molecule has 0 spiro atoms. The van der Waals surface area contributed by atoms with E-state index in [1.54, 1.807) is 26.8 Å². The zero-order valence-corrected chi connectivity index (χ0v) is 20.8. The predicted molar refractivity (Wildman–Crippen MR) is 134 cm³/mol. The van der Waals surface area contributed by atoms with Crippen molar-refractivity contribution in [2.75, 3.05) is 31.3 Å². The largest absolute Gasteiger partial charge is 0.463 e. The summed E-state index contributed by atoms with van der Waals surface area (Å²) in [6.07, 6.45) is 0. The van der Waals surface area contributed by atoms with Crippen LogP contribution in [-0.4, -0.2) is 53.2 Å². The number of carbonyl (C=O) groups excluding carboxylic acids is 2. The van der Waals surface area contributed by atoms with Crippen molar-refractivity contribution in [1.29, 1.82) is 0 Å². The third-order valence-corrected chi connectivity index (χ3v) is 5.97. The maximum Gasteiger partial charge on any atom is 0.336 e. The second-order valence-electron chi connectivity index (χ2n) is 7.13. The van der Waals surface area contributed by atoms with Gasteiger partial charge in [-0.3, -0.25) is 10.1 Å². The molecule has 0 fully saturated rings. The van der Waals surface area contributed by atoms with Crippen molar-refractivity contribution in [3.05, 3.63) is 62.5 Å². The van der Waals surface area contributed by atoms with E-state index in [0.717, 1.165) is 0 Å². The highest BCUT2D eigenvalue weighted by molar-refractivity contribution is 7.99. The van der Waals surface area contributed by atoms with Gasteiger partial charge in [0.05, 0.1) is 35.2 Å². The second-order valence-corrected chi connectivity index (χ2v) is 8.67. The number of thiocarbonyl (C=S) groups is 1. The lowest BCUT2D eigenvalue weighted by molar-refractivity contribution is -0.384. The number of rotatable bonds is 11. The van der Waals surface area contributed by atoms with Crippen LogP contribution in [0.4, 0.5) is 5.69 Å². The summed E-state index contributed by atoms with van der Waals surface area (Å²) in [7, 11) is 0. The number of hydrogen-bond donors (Lipinski definition) is 3. The first-order valence-electron chi connectivity index (χ1n) is 10.6. The van der Waals surface area contributed by atoms with Crippen molar-refractivity contribution in [2.24, 2.45) is 5.73 Å². The molecule has 184 valence electrons. The highest BCUT2D eigenvalue weighted by Gasteiger charge is 2.39. The van der Waals surface area contributed by atoms with E-state index in [0.29, 0.717) is 35.0 Å². The van der Waals surface area contributed by atoms with Crippen molar-refractivity contribution in [3.63, 3.8) is 0 Å². The number of ether oxygens (including phenoxy) is 2. The van der Waals surface area contributed by atoms with Gasteiger partial charge in [0.25, 0.3) is 5.69 Å². The predicted octanol–water partition coefficient (Wildman–Crippen LogP) is 2.50. The van der Waals surface area contributed by atoms with Crippen LogP contribution in [0.2, 0.25) is 0 Å². The fourth-order valence-electron chi connectivity index (χ4n) is 3.51. The normalized spacial score (nSPS) is 15.4. The Kier molecular flexibility index (Phi) is 10.3. The van der Waals surface area contributed by atoms with Crippen LogP contribution in [0.15, 0.2) is 46.8 Å². The van der Waals surface area contributed by atoms with Crippen molar-refractivity contribution in [2.45, 2.75) is 26.7 Å². The van der Waals surface area contributed by atoms with E-state index >= 15 is 0 Å². The maximum absolute atomic E-state index is 13.1. The number of nitrogens with zero attached hydrogens (tertiary/aromatic N) is 1. The summed E-state index contributed by atoms with van der Waals surface area (Å²) >= 11 is 6.32. The number of esters is 2. The number of carbonyl (C=O) groups is 2. The van der Waals surface area contributed by atoms with Crippen molar-refractivity contribution in [3.8, 4) is 0 Å². The molecule has 1 unspecified atom stereocenters. The van der Waals surface area contributed by atoms with Crippen LogP contribution < -0.4 is 16.4 Å². The van der Waals surface area contributed by atoms with Gasteiger partial charge in [0, 0.05) is 41.6 Å². The lowest BCUT2D eigenvalue weighted by atomic mass is 9.80. The van der Waals surface area contributed by atoms with Crippen LogP contribution in [0.25, 0.3) is 0 Å². The molecular formula is C22H28N4O6S2. The molecule has 1 heterocycles. The number of dihydropyridines is 1. The number of nitrogens with one attached hydrogen (secondary N) is 2. The van der Waals surface area contributed by atoms with Crippen LogP contribution in [0.1, 0.15) is 32.3 Å². The molecule has 1 aliphatic rings. The van der Waals surface area contributed by atoms with E-state index in [9.17, 15) is 19.7 Å². The van der Waals surface area contributed by atoms with Crippen LogP contribution in [0.3, 0.4) is 0 Å². The summed E-state index contributed by atoms with van der Waals surface area (Å²) in [4.78, 5) is 37.0. The molecule has 0 amide bonds. The fraction of sp³-hybridized carbons (Fsp3) is 0.409. The smallest absolute Gasteiger partial charge is 0.336 e. The first-order valence-corrected chi connectivity index (χ1v) is 12.2. The van der Waals surface area contributed by atoms with Crippen LogP contribution in [0.5, 0.6) is 0 Å². The Balaban J connectivity index is 2.58. The van der Waals surface area contributed by atoms with Gasteiger partial charge in [-0.05, 0) is 38.6 Å². The number of nitro groups is 1. The van der Waals surface area contributed by atoms with Crippen molar-refractivity contribution in [1.82, 2.24) is 10.6 Å². The average Bonchev–Trinajstić information content (AvgIpc) is 2.78. The Morgan fingerprint density at radius 2 is 1.88 bits per heavy atom. The Bertz CT molecular complexity index is 1020. The van der Waals surface area contributed by atoms with E-state index < -0.39 is 22.8 Å². The molecule has 2 rings (SSSR count). The highest BCUT2D eigenvalue weighted by Crippen LogP contribution is 2.40. The Morgan fingerprint density at radius 3 is 2.47 bits per heavy atom. The molecule has 1 aromatic carbocycles. The molecule has 1 atom stereocenters. The zero-order valence-electron chi connectivity index (χ0n) is 19.2. The maximum atomic E-state index is 13.1. The molecule has 1 aromatic rings. The number of hydrogen-bond acceptors (Lipinski definition) is 9. The molecule has 0 radical (unpaired) electrons. The fourth-order valence-corrected chi connectivity index (χ4v) is 4.44. The van der Waals surface area contributed by atoms with Gasteiger partial charge in [0.15, 0.2) is 5.11 Å². The minimum Gasteiger partial charge on any atom is -0.463 e. The Morgan fingerprint density at radius 1 is 1.24 bits per heavy atom. The molecule has 12 heteroatoms. The number of nitro benzene ring substituents is 1. The van der Waals surface area contributed by atoms with Crippen molar-refractivity contribution >= 4 is 46.7 Å². The van der Waals surface area contributed by atoms with Gasteiger partial charge in [0.1, 0.15) is 0 Å². The molecular weight excluding hydrogens is 480 g/mol. The highest BCUT2D eigenvalue weighted by atomic mass is 32.2. The Labute approximate surface area is 207 Å². The summed E-state index contributed by atoms with van der Waals surface area (Å²) in [6, 6.07) is 5.88. The summed E-state index contributed by atoms with van der Waals surface area (Å²) < 4.78 is 10.6. The number of nitrogens with two attached hydrogens (primary N) is 1.